The molecule has 0 radical (unpaired) electrons. The van der Waals surface area contributed by atoms with Crippen LogP contribution in [0.1, 0.15) is 0 Å². The number of rotatable bonds is 4. The molecule has 1 aliphatic heterocycles. The van der Waals surface area contributed by atoms with E-state index in [1.807, 2.05) is 29.2 Å². The number of piperidine rings is 1. The maximum absolute atomic E-state index is 14.1. The van der Waals surface area contributed by atoms with Crippen molar-refractivity contribution in [2.75, 3.05) is 22.9 Å². The van der Waals surface area contributed by atoms with Gasteiger partial charge >= 0.3 is 6.03 Å². The second-order valence-corrected chi connectivity index (χ2v) is 7.33. The van der Waals surface area contributed by atoms with Gasteiger partial charge in [0, 0.05) is 37.0 Å². The Labute approximate surface area is 165 Å². The third kappa shape index (κ3) is 2.89. The molecule has 2 amide bonds. The Balaban J connectivity index is 1.40. The quantitative estimate of drug-likeness (QED) is 0.735. The molecule has 1 aliphatic carbocycles. The topological polar surface area (TPSA) is 80.3 Å². The molecule has 2 fully saturated rings. The van der Waals surface area contributed by atoms with Gasteiger partial charge in [-0.3, -0.25) is 4.90 Å². The molecule has 2 heterocycles. The van der Waals surface area contributed by atoms with Gasteiger partial charge in [-0.2, -0.15) is 10.2 Å². The molecule has 29 heavy (non-hydrogen) atoms. The van der Waals surface area contributed by atoms with Crippen LogP contribution in [0.3, 0.4) is 0 Å². The summed E-state index contributed by atoms with van der Waals surface area (Å²) >= 11 is 0. The molecule has 3 aromatic rings. The minimum Gasteiger partial charge on any atom is -0.368 e. The highest BCUT2D eigenvalue weighted by atomic mass is 19.1. The predicted molar refractivity (Wildman–Crippen MR) is 103 cm³/mol. The number of benzene rings is 2. The lowest BCUT2D eigenvalue weighted by Crippen LogP contribution is -2.42. The lowest BCUT2D eigenvalue weighted by Gasteiger charge is -2.28. The second-order valence-electron chi connectivity index (χ2n) is 7.33. The fourth-order valence-corrected chi connectivity index (χ4v) is 4.42. The molecule has 148 valence electrons. The SMILES string of the molecule is NC(=O)N(c1ccccc1-n1nccn1)C1C2CN(c3ccc(F)cc3F)CC21. The van der Waals surface area contributed by atoms with E-state index in [1.54, 1.807) is 17.3 Å². The zero-order valence-electron chi connectivity index (χ0n) is 15.3. The molecule has 2 N–H and O–H groups in total. The van der Waals surface area contributed by atoms with Gasteiger partial charge in [-0.05, 0) is 24.3 Å². The van der Waals surface area contributed by atoms with Crippen molar-refractivity contribution in [1.29, 1.82) is 0 Å². The lowest BCUT2D eigenvalue weighted by molar-refractivity contribution is 0.253. The summed E-state index contributed by atoms with van der Waals surface area (Å²) in [5.41, 5.74) is 7.41. The highest BCUT2D eigenvalue weighted by Crippen LogP contribution is 2.51. The second kappa shape index (κ2) is 6.54. The average Bonchev–Trinajstić information content (AvgIpc) is 3.11. The van der Waals surface area contributed by atoms with Crippen molar-refractivity contribution in [3.05, 3.63) is 66.5 Å². The first-order valence-corrected chi connectivity index (χ1v) is 9.29. The summed E-state index contributed by atoms with van der Waals surface area (Å²) < 4.78 is 27.3. The summed E-state index contributed by atoms with van der Waals surface area (Å²) in [6.07, 6.45) is 3.12. The summed E-state index contributed by atoms with van der Waals surface area (Å²) in [6, 6.07) is 10.3. The van der Waals surface area contributed by atoms with E-state index in [0.717, 1.165) is 6.07 Å². The van der Waals surface area contributed by atoms with E-state index in [1.165, 1.54) is 16.9 Å². The maximum Gasteiger partial charge on any atom is 0.319 e. The Hall–Kier alpha value is -3.49. The zero-order chi connectivity index (χ0) is 20.1. The number of amides is 2. The minimum absolute atomic E-state index is 0.0797. The molecule has 2 atom stereocenters. The van der Waals surface area contributed by atoms with Crippen molar-refractivity contribution >= 4 is 17.4 Å². The van der Waals surface area contributed by atoms with Gasteiger partial charge in [0.05, 0.1) is 23.8 Å². The third-order valence-electron chi connectivity index (χ3n) is 5.71. The van der Waals surface area contributed by atoms with Gasteiger partial charge < -0.3 is 10.6 Å². The Morgan fingerprint density at radius 2 is 1.72 bits per heavy atom. The molecule has 7 nitrogen and oxygen atoms in total. The van der Waals surface area contributed by atoms with Gasteiger partial charge in [-0.15, -0.1) is 4.80 Å². The highest BCUT2D eigenvalue weighted by Gasteiger charge is 2.60. The first-order valence-electron chi connectivity index (χ1n) is 9.29. The Morgan fingerprint density at radius 3 is 2.38 bits per heavy atom. The number of fused-ring (bicyclic) bond motifs is 1. The Kier molecular flexibility index (Phi) is 3.97. The van der Waals surface area contributed by atoms with E-state index in [2.05, 4.69) is 10.2 Å². The van der Waals surface area contributed by atoms with Crippen LogP contribution in [0.15, 0.2) is 54.9 Å². The summed E-state index contributed by atoms with van der Waals surface area (Å²) in [5, 5.41) is 8.31. The van der Waals surface area contributed by atoms with E-state index in [0.29, 0.717) is 30.2 Å². The lowest BCUT2D eigenvalue weighted by atomic mass is 10.2. The number of hydrogen-bond acceptors (Lipinski definition) is 4. The predicted octanol–water partition coefficient (Wildman–Crippen LogP) is 2.57. The summed E-state index contributed by atoms with van der Waals surface area (Å²) in [5.74, 6) is -0.863. The highest BCUT2D eigenvalue weighted by molar-refractivity contribution is 5.94. The number of aromatic nitrogens is 3. The van der Waals surface area contributed by atoms with Gasteiger partial charge in [-0.25, -0.2) is 13.6 Å². The van der Waals surface area contributed by atoms with Crippen LogP contribution in [-0.4, -0.2) is 40.2 Å². The van der Waals surface area contributed by atoms with Gasteiger partial charge in [0.1, 0.15) is 17.3 Å². The molecule has 1 saturated heterocycles. The van der Waals surface area contributed by atoms with E-state index < -0.39 is 17.7 Å². The standard InChI is InChI=1S/C20H18F2N6O/c21-12-5-6-16(15(22)9-12)26-10-13-14(11-26)19(13)27(20(23)29)17-3-1-2-4-18(17)28-24-7-8-25-28/h1-9,13-14,19H,10-11H2,(H2,23,29). The number of halogens is 2. The number of carbonyl (C=O) groups is 1. The van der Waals surface area contributed by atoms with Gasteiger partial charge in [0.25, 0.3) is 0 Å². The number of para-hydroxylation sites is 2. The molecule has 1 saturated carbocycles. The monoisotopic (exact) mass is 396 g/mol. The minimum atomic E-state index is -0.600. The van der Waals surface area contributed by atoms with Crippen LogP contribution in [0.4, 0.5) is 25.0 Å². The van der Waals surface area contributed by atoms with Crippen LogP contribution in [0.25, 0.3) is 5.69 Å². The largest absolute Gasteiger partial charge is 0.368 e. The average molecular weight is 396 g/mol. The van der Waals surface area contributed by atoms with Crippen molar-refractivity contribution in [1.82, 2.24) is 15.0 Å². The number of primary amides is 1. The maximum atomic E-state index is 14.1. The molecule has 2 unspecified atom stereocenters. The van der Waals surface area contributed by atoms with E-state index >= 15 is 0 Å². The van der Waals surface area contributed by atoms with E-state index in [9.17, 15) is 13.6 Å². The number of nitrogens with two attached hydrogens (primary N) is 1. The van der Waals surface area contributed by atoms with Crippen LogP contribution in [-0.2, 0) is 0 Å². The van der Waals surface area contributed by atoms with Crippen molar-refractivity contribution in [3.8, 4) is 5.69 Å². The molecule has 0 bridgehead atoms. The Morgan fingerprint density at radius 1 is 1.03 bits per heavy atom. The van der Waals surface area contributed by atoms with Crippen molar-refractivity contribution in [2.45, 2.75) is 6.04 Å². The number of nitrogens with zero attached hydrogens (tertiary/aromatic N) is 5. The molecule has 2 aliphatic rings. The van der Waals surface area contributed by atoms with Crippen molar-refractivity contribution in [2.24, 2.45) is 17.6 Å². The summed E-state index contributed by atoms with van der Waals surface area (Å²) in [7, 11) is 0. The van der Waals surface area contributed by atoms with Crippen LogP contribution in [0, 0.1) is 23.5 Å². The third-order valence-corrected chi connectivity index (χ3v) is 5.71. The van der Waals surface area contributed by atoms with Gasteiger partial charge in [-0.1, -0.05) is 12.1 Å². The summed E-state index contributed by atoms with van der Waals surface area (Å²) in [4.78, 5) is 17.3. The fourth-order valence-electron chi connectivity index (χ4n) is 4.42. The molecule has 2 aromatic carbocycles. The van der Waals surface area contributed by atoms with Crippen LogP contribution in [0.5, 0.6) is 0 Å². The van der Waals surface area contributed by atoms with Gasteiger partial charge in [0.2, 0.25) is 0 Å². The zero-order valence-corrected chi connectivity index (χ0v) is 15.3. The smallest absolute Gasteiger partial charge is 0.319 e. The number of hydrogen-bond donors (Lipinski definition) is 1. The first kappa shape index (κ1) is 17.6. The molecule has 9 heteroatoms. The number of urea groups is 1. The first-order chi connectivity index (χ1) is 14.0. The molecular weight excluding hydrogens is 378 g/mol. The number of anilines is 2. The summed E-state index contributed by atoms with van der Waals surface area (Å²) in [6.45, 7) is 1.15. The van der Waals surface area contributed by atoms with E-state index in [-0.39, 0.29) is 17.9 Å². The fraction of sp³-hybridized carbons (Fsp3) is 0.250. The Bertz CT molecular complexity index is 1060. The van der Waals surface area contributed by atoms with Crippen molar-refractivity contribution < 1.29 is 13.6 Å². The normalized spacial score (nSPS) is 22.4. The van der Waals surface area contributed by atoms with Crippen LogP contribution in [0.2, 0.25) is 0 Å². The molecule has 1 aromatic heterocycles. The van der Waals surface area contributed by atoms with Crippen molar-refractivity contribution in [3.63, 3.8) is 0 Å². The molecular formula is C20H18F2N6O. The molecule has 5 rings (SSSR count). The molecule has 0 spiro atoms. The number of carbonyl (C=O) groups excluding carboxylic acids is 1. The van der Waals surface area contributed by atoms with Gasteiger partial charge in [0.15, 0.2) is 0 Å². The van der Waals surface area contributed by atoms with Crippen LogP contribution >= 0.6 is 0 Å². The van der Waals surface area contributed by atoms with Crippen LogP contribution < -0.4 is 15.5 Å². The van der Waals surface area contributed by atoms with E-state index in [4.69, 9.17) is 5.73 Å².